The molecule has 9 aromatic carbocycles. The third-order valence-corrected chi connectivity index (χ3v) is 16.4. The van der Waals surface area contributed by atoms with Crippen LogP contribution in [0.25, 0.3) is 55.3 Å². The van der Waals surface area contributed by atoms with Gasteiger partial charge in [-0.25, -0.2) is 0 Å². The third-order valence-electron chi connectivity index (χ3n) is 16.4. The van der Waals surface area contributed by atoms with Crippen LogP contribution in [-0.2, 0) is 10.8 Å². The van der Waals surface area contributed by atoms with Gasteiger partial charge in [0.2, 0.25) is 0 Å². The zero-order valence-electron chi connectivity index (χ0n) is 36.1. The van der Waals surface area contributed by atoms with Gasteiger partial charge in [-0.15, -0.1) is 0 Å². The highest BCUT2D eigenvalue weighted by molar-refractivity contribution is 6.10. The van der Waals surface area contributed by atoms with Gasteiger partial charge >= 0.3 is 0 Å². The Hall–Kier alpha value is -6.96. The van der Waals surface area contributed by atoms with Gasteiger partial charge in [-0.2, -0.15) is 0 Å². The molecule has 1 spiro atoms. The Morgan fingerprint density at radius 1 is 0.359 bits per heavy atom. The molecular weight excluding hydrogens is 771 g/mol. The van der Waals surface area contributed by atoms with Crippen molar-refractivity contribution >= 4 is 27.8 Å². The average molecular weight is 820 g/mol. The van der Waals surface area contributed by atoms with Gasteiger partial charge in [-0.1, -0.05) is 182 Å². The molecule has 9 aromatic rings. The Balaban J connectivity index is 1.03. The molecule has 0 heterocycles. The molecule has 6 aliphatic rings. The van der Waals surface area contributed by atoms with Crippen LogP contribution < -0.4 is 4.90 Å². The molecule has 1 heteroatoms. The summed E-state index contributed by atoms with van der Waals surface area (Å²) in [6.45, 7) is 0. The summed E-state index contributed by atoms with van der Waals surface area (Å²) in [7, 11) is 0. The zero-order valence-corrected chi connectivity index (χ0v) is 36.1. The second-order valence-corrected chi connectivity index (χ2v) is 19.8. The van der Waals surface area contributed by atoms with E-state index in [1.807, 2.05) is 0 Å². The topological polar surface area (TPSA) is 3.24 Å². The summed E-state index contributed by atoms with van der Waals surface area (Å²) in [5.41, 5.74) is 20.7. The number of anilines is 3. The molecule has 0 saturated heterocycles. The molecule has 0 amide bonds. The summed E-state index contributed by atoms with van der Waals surface area (Å²) in [6, 6.07) is 78.4. The van der Waals surface area contributed by atoms with E-state index in [0.717, 1.165) is 17.8 Å². The Bertz CT molecular complexity index is 3230. The van der Waals surface area contributed by atoms with Gasteiger partial charge in [0.1, 0.15) is 0 Å². The number of para-hydroxylation sites is 1. The van der Waals surface area contributed by atoms with Crippen molar-refractivity contribution in [3.63, 3.8) is 0 Å². The predicted octanol–water partition coefficient (Wildman–Crippen LogP) is 16.5. The van der Waals surface area contributed by atoms with E-state index >= 15 is 0 Å². The highest BCUT2D eigenvalue weighted by Gasteiger charge is 2.53. The molecule has 15 rings (SSSR count). The van der Waals surface area contributed by atoms with Crippen molar-refractivity contribution in [3.8, 4) is 44.5 Å². The molecule has 4 saturated carbocycles. The summed E-state index contributed by atoms with van der Waals surface area (Å²) in [5.74, 6) is 2.71. The van der Waals surface area contributed by atoms with Crippen molar-refractivity contribution in [3.05, 3.63) is 234 Å². The van der Waals surface area contributed by atoms with Crippen LogP contribution in [0.1, 0.15) is 66.3 Å². The molecule has 0 unspecified atom stereocenters. The number of rotatable bonds is 6. The Labute approximate surface area is 376 Å². The zero-order chi connectivity index (χ0) is 42.0. The van der Waals surface area contributed by atoms with Crippen LogP contribution in [0, 0.1) is 17.8 Å². The number of hydrogen-bond donors (Lipinski definition) is 0. The minimum absolute atomic E-state index is 0.329. The Morgan fingerprint density at radius 2 is 0.844 bits per heavy atom. The molecule has 64 heavy (non-hydrogen) atoms. The lowest BCUT2D eigenvalue weighted by atomic mass is 9.48. The molecule has 4 fully saturated rings. The van der Waals surface area contributed by atoms with Crippen molar-refractivity contribution in [2.75, 3.05) is 4.90 Å². The maximum atomic E-state index is 2.62. The monoisotopic (exact) mass is 819 g/mol. The van der Waals surface area contributed by atoms with Crippen LogP contribution >= 0.6 is 0 Å². The first-order valence-corrected chi connectivity index (χ1v) is 23.7. The second kappa shape index (κ2) is 13.8. The van der Waals surface area contributed by atoms with E-state index in [1.54, 1.807) is 5.56 Å². The summed E-state index contributed by atoms with van der Waals surface area (Å²) in [6.07, 6.45) is 8.47. The minimum atomic E-state index is -0.428. The van der Waals surface area contributed by atoms with Crippen LogP contribution in [0.15, 0.2) is 206 Å². The molecule has 306 valence electrons. The molecule has 0 radical (unpaired) electrons. The first-order valence-electron chi connectivity index (χ1n) is 23.7. The van der Waals surface area contributed by atoms with Crippen LogP contribution in [0.4, 0.5) is 17.1 Å². The largest absolute Gasteiger partial charge is 0.309 e. The van der Waals surface area contributed by atoms with Crippen LogP contribution in [0.3, 0.4) is 0 Å². The SMILES string of the molecule is c1ccc(-c2cccc3cccc(-c4ccccc4N(c4ccc(C56CC7CC(CC(C7)C5)C6)cc4)c4cccc5c4-c4ccccc4C54c5ccccc5-c5ccccc54)c23)cc1. The maximum absolute atomic E-state index is 2.62. The van der Waals surface area contributed by atoms with E-state index in [2.05, 4.69) is 211 Å². The molecular formula is C63H49N. The Kier molecular flexibility index (Phi) is 7.86. The molecule has 1 nitrogen and oxygen atoms in total. The normalized spacial score (nSPS) is 21.4. The third kappa shape index (κ3) is 5.07. The second-order valence-electron chi connectivity index (χ2n) is 19.8. The molecule has 6 aliphatic carbocycles. The smallest absolute Gasteiger partial charge is 0.0726 e. The molecule has 4 bridgehead atoms. The van der Waals surface area contributed by atoms with E-state index in [1.165, 1.54) is 133 Å². The average Bonchev–Trinajstić information content (AvgIpc) is 3.82. The molecule has 0 aromatic heterocycles. The van der Waals surface area contributed by atoms with Gasteiger partial charge in [0.25, 0.3) is 0 Å². The Morgan fingerprint density at radius 3 is 1.50 bits per heavy atom. The van der Waals surface area contributed by atoms with Gasteiger partial charge in [0, 0.05) is 16.8 Å². The van der Waals surface area contributed by atoms with Crippen molar-refractivity contribution in [1.82, 2.24) is 0 Å². The minimum Gasteiger partial charge on any atom is -0.309 e. The summed E-state index contributed by atoms with van der Waals surface area (Å²) >= 11 is 0. The van der Waals surface area contributed by atoms with E-state index in [-0.39, 0.29) is 0 Å². The van der Waals surface area contributed by atoms with Crippen molar-refractivity contribution in [2.24, 2.45) is 17.8 Å². The number of fused-ring (bicyclic) bond motifs is 11. The number of benzene rings is 9. The lowest BCUT2D eigenvalue weighted by Gasteiger charge is -2.57. The van der Waals surface area contributed by atoms with Gasteiger partial charge < -0.3 is 4.90 Å². The van der Waals surface area contributed by atoms with Crippen LogP contribution in [0.5, 0.6) is 0 Å². The first kappa shape index (κ1) is 36.5. The van der Waals surface area contributed by atoms with E-state index in [4.69, 9.17) is 0 Å². The van der Waals surface area contributed by atoms with Gasteiger partial charge in [0.05, 0.1) is 16.8 Å². The summed E-state index contributed by atoms with van der Waals surface area (Å²) in [5, 5.41) is 2.53. The van der Waals surface area contributed by atoms with Crippen LogP contribution in [0.2, 0.25) is 0 Å². The van der Waals surface area contributed by atoms with E-state index in [0.29, 0.717) is 5.41 Å². The van der Waals surface area contributed by atoms with Crippen molar-refractivity contribution < 1.29 is 0 Å². The van der Waals surface area contributed by atoms with E-state index < -0.39 is 5.41 Å². The summed E-state index contributed by atoms with van der Waals surface area (Å²) in [4.78, 5) is 2.62. The number of hydrogen-bond acceptors (Lipinski definition) is 1. The standard InChI is InChI=1S/C63H49N/c1-2-15-44(16-3-1)48-23-12-17-45-18-13-24-52(60(45)48)51-21-7-11-29-58(51)64(47-33-31-46(32-34-47)62-38-41-35-42(39-62)37-43(36-41)40-62)59-30-14-28-57-61(59)53-22-6-10-27-56(53)63(57)54-25-8-4-19-49(54)50-20-5-9-26-55(50)63/h1-34,41-43H,35-40H2. The van der Waals surface area contributed by atoms with Crippen molar-refractivity contribution in [1.29, 1.82) is 0 Å². The number of nitrogens with zero attached hydrogens (tertiary/aromatic N) is 1. The highest BCUT2D eigenvalue weighted by atomic mass is 15.1. The lowest BCUT2D eigenvalue weighted by molar-refractivity contribution is -0.00518. The molecule has 0 atom stereocenters. The van der Waals surface area contributed by atoms with Gasteiger partial charge in [-0.3, -0.25) is 0 Å². The molecule has 0 aliphatic heterocycles. The van der Waals surface area contributed by atoms with Gasteiger partial charge in [-0.05, 0) is 158 Å². The highest BCUT2D eigenvalue weighted by Crippen LogP contribution is 2.65. The fourth-order valence-electron chi connectivity index (χ4n) is 14.5. The van der Waals surface area contributed by atoms with Crippen molar-refractivity contribution in [2.45, 2.75) is 49.4 Å². The van der Waals surface area contributed by atoms with Crippen LogP contribution in [-0.4, -0.2) is 0 Å². The predicted molar refractivity (Wildman–Crippen MR) is 266 cm³/mol. The van der Waals surface area contributed by atoms with E-state index in [9.17, 15) is 0 Å². The lowest BCUT2D eigenvalue weighted by Crippen LogP contribution is -2.48. The quantitative estimate of drug-likeness (QED) is 0.162. The molecule has 0 N–H and O–H groups in total. The maximum Gasteiger partial charge on any atom is 0.0726 e. The fraction of sp³-hybridized carbons (Fsp3) is 0.175. The summed E-state index contributed by atoms with van der Waals surface area (Å²) < 4.78 is 0. The fourth-order valence-corrected chi connectivity index (χ4v) is 14.5. The van der Waals surface area contributed by atoms with Gasteiger partial charge in [0.15, 0.2) is 0 Å². The first-order chi connectivity index (χ1) is 31.7.